The summed E-state index contributed by atoms with van der Waals surface area (Å²) in [6.45, 7) is 1.61. The van der Waals surface area contributed by atoms with Crippen LogP contribution in [0.15, 0.2) is 47.6 Å². The lowest BCUT2D eigenvalue weighted by molar-refractivity contribution is -0.385. The quantitative estimate of drug-likeness (QED) is 0.533. The zero-order valence-corrected chi connectivity index (χ0v) is 12.4. The number of nitro groups is 1. The molecule has 22 heavy (non-hydrogen) atoms. The Morgan fingerprint density at radius 1 is 1.32 bits per heavy atom. The Bertz CT molecular complexity index is 759. The van der Waals surface area contributed by atoms with Gasteiger partial charge in [0.05, 0.1) is 11.1 Å². The maximum Gasteiger partial charge on any atom is 0.273 e. The SMILES string of the molecule is Cc1ccc(C(=O)N/N=C/c2cccc(Cl)c2)cc1[N+](=O)[O-]. The molecule has 0 aliphatic rings. The molecule has 0 spiro atoms. The molecule has 1 N–H and O–H groups in total. The molecule has 6 nitrogen and oxygen atoms in total. The zero-order valence-electron chi connectivity index (χ0n) is 11.6. The standard InChI is InChI=1S/C15H12ClN3O3/c1-10-5-6-12(8-14(10)19(21)22)15(20)18-17-9-11-3-2-4-13(16)7-11/h2-9H,1H3,(H,18,20)/b17-9+. The first kappa shape index (κ1) is 15.7. The van der Waals surface area contributed by atoms with Crippen LogP contribution < -0.4 is 5.43 Å². The number of carbonyl (C=O) groups is 1. The van der Waals surface area contributed by atoms with Crippen LogP contribution in [-0.4, -0.2) is 17.0 Å². The number of hydrogen-bond acceptors (Lipinski definition) is 4. The Morgan fingerprint density at radius 3 is 2.77 bits per heavy atom. The number of rotatable bonds is 4. The van der Waals surface area contributed by atoms with Gasteiger partial charge in [0.1, 0.15) is 0 Å². The van der Waals surface area contributed by atoms with Crippen molar-refractivity contribution in [1.29, 1.82) is 0 Å². The van der Waals surface area contributed by atoms with E-state index in [1.807, 2.05) is 0 Å². The summed E-state index contributed by atoms with van der Waals surface area (Å²) in [4.78, 5) is 22.2. The van der Waals surface area contributed by atoms with Crippen molar-refractivity contribution in [3.8, 4) is 0 Å². The van der Waals surface area contributed by atoms with Gasteiger partial charge in [0.25, 0.3) is 11.6 Å². The predicted molar refractivity (Wildman–Crippen MR) is 84.3 cm³/mol. The molecule has 0 saturated carbocycles. The third kappa shape index (κ3) is 3.89. The van der Waals surface area contributed by atoms with E-state index in [1.165, 1.54) is 24.4 Å². The minimum Gasteiger partial charge on any atom is -0.267 e. The highest BCUT2D eigenvalue weighted by molar-refractivity contribution is 6.30. The summed E-state index contributed by atoms with van der Waals surface area (Å²) in [5, 5.41) is 15.2. The van der Waals surface area contributed by atoms with Crippen molar-refractivity contribution in [3.63, 3.8) is 0 Å². The molecule has 1 amide bonds. The molecule has 0 bridgehead atoms. The number of amides is 1. The number of nitrogens with one attached hydrogen (secondary N) is 1. The van der Waals surface area contributed by atoms with Crippen LogP contribution in [0.5, 0.6) is 0 Å². The number of aryl methyl sites for hydroxylation is 1. The van der Waals surface area contributed by atoms with Crippen LogP contribution in [0.3, 0.4) is 0 Å². The first-order chi connectivity index (χ1) is 10.5. The average molecular weight is 318 g/mol. The predicted octanol–water partition coefficient (Wildman–Crippen LogP) is 3.32. The van der Waals surface area contributed by atoms with Crippen LogP contribution in [0.25, 0.3) is 0 Å². The monoisotopic (exact) mass is 317 g/mol. The third-order valence-electron chi connectivity index (χ3n) is 2.90. The minimum absolute atomic E-state index is 0.105. The summed E-state index contributed by atoms with van der Waals surface area (Å²) in [6.07, 6.45) is 1.44. The Hall–Kier alpha value is -2.73. The molecule has 0 fully saturated rings. The van der Waals surface area contributed by atoms with E-state index in [0.717, 1.165) is 5.56 Å². The number of carbonyl (C=O) groups excluding carboxylic acids is 1. The zero-order chi connectivity index (χ0) is 16.1. The molecule has 2 aromatic rings. The van der Waals surface area contributed by atoms with Gasteiger partial charge >= 0.3 is 0 Å². The van der Waals surface area contributed by atoms with Gasteiger partial charge in [-0.05, 0) is 30.7 Å². The maximum absolute atomic E-state index is 11.9. The molecule has 2 aromatic carbocycles. The molecule has 7 heteroatoms. The van der Waals surface area contributed by atoms with Crippen molar-refractivity contribution in [2.75, 3.05) is 0 Å². The molecular formula is C15H12ClN3O3. The highest BCUT2D eigenvalue weighted by atomic mass is 35.5. The van der Waals surface area contributed by atoms with Gasteiger partial charge in [-0.2, -0.15) is 5.10 Å². The minimum atomic E-state index is -0.527. The highest BCUT2D eigenvalue weighted by Crippen LogP contribution is 2.19. The lowest BCUT2D eigenvalue weighted by Gasteiger charge is -2.02. The van der Waals surface area contributed by atoms with E-state index in [1.54, 1.807) is 31.2 Å². The molecule has 0 aliphatic heterocycles. The lowest BCUT2D eigenvalue weighted by Crippen LogP contribution is -2.17. The molecule has 0 saturated heterocycles. The smallest absolute Gasteiger partial charge is 0.267 e. The molecule has 0 heterocycles. The van der Waals surface area contributed by atoms with Crippen LogP contribution in [0.4, 0.5) is 5.69 Å². The van der Waals surface area contributed by atoms with E-state index < -0.39 is 10.8 Å². The van der Waals surface area contributed by atoms with Gasteiger partial charge in [-0.3, -0.25) is 14.9 Å². The number of hydrogen-bond donors (Lipinski definition) is 1. The molecule has 0 aliphatic carbocycles. The molecule has 0 radical (unpaired) electrons. The third-order valence-corrected chi connectivity index (χ3v) is 3.13. The summed E-state index contributed by atoms with van der Waals surface area (Å²) in [5.41, 5.74) is 3.59. The second kappa shape index (κ2) is 6.82. The largest absolute Gasteiger partial charge is 0.273 e. The first-order valence-electron chi connectivity index (χ1n) is 6.31. The second-order valence-corrected chi connectivity index (χ2v) is 4.95. The number of halogens is 1. The van der Waals surface area contributed by atoms with Gasteiger partial charge in [-0.25, -0.2) is 5.43 Å². The van der Waals surface area contributed by atoms with Gasteiger partial charge in [0, 0.05) is 22.2 Å². The van der Waals surface area contributed by atoms with E-state index >= 15 is 0 Å². The fourth-order valence-corrected chi connectivity index (χ4v) is 1.96. The van der Waals surface area contributed by atoms with Crippen LogP contribution >= 0.6 is 11.6 Å². The van der Waals surface area contributed by atoms with Crippen LogP contribution in [0.2, 0.25) is 5.02 Å². The van der Waals surface area contributed by atoms with Crippen LogP contribution in [-0.2, 0) is 0 Å². The molecule has 0 aromatic heterocycles. The van der Waals surface area contributed by atoms with E-state index in [-0.39, 0.29) is 11.3 Å². The summed E-state index contributed by atoms with van der Waals surface area (Å²) < 4.78 is 0. The summed E-state index contributed by atoms with van der Waals surface area (Å²) in [7, 11) is 0. The number of nitrogens with zero attached hydrogens (tertiary/aromatic N) is 2. The first-order valence-corrected chi connectivity index (χ1v) is 6.69. The Kier molecular flexibility index (Phi) is 4.85. The maximum atomic E-state index is 11.9. The van der Waals surface area contributed by atoms with Crippen molar-refractivity contribution in [1.82, 2.24) is 5.43 Å². The topological polar surface area (TPSA) is 84.6 Å². The Labute approximate surface area is 131 Å². The average Bonchev–Trinajstić information content (AvgIpc) is 2.47. The number of benzene rings is 2. The fraction of sp³-hybridized carbons (Fsp3) is 0.0667. The molecule has 112 valence electrons. The highest BCUT2D eigenvalue weighted by Gasteiger charge is 2.14. The van der Waals surface area contributed by atoms with E-state index in [9.17, 15) is 14.9 Å². The van der Waals surface area contributed by atoms with E-state index in [4.69, 9.17) is 11.6 Å². The van der Waals surface area contributed by atoms with Gasteiger partial charge in [0.15, 0.2) is 0 Å². The second-order valence-electron chi connectivity index (χ2n) is 4.51. The van der Waals surface area contributed by atoms with Gasteiger partial charge < -0.3 is 0 Å². The van der Waals surface area contributed by atoms with Gasteiger partial charge in [0.2, 0.25) is 0 Å². The van der Waals surface area contributed by atoms with Crippen molar-refractivity contribution >= 4 is 29.4 Å². The summed E-state index contributed by atoms with van der Waals surface area (Å²) in [6, 6.07) is 11.2. The van der Waals surface area contributed by atoms with E-state index in [0.29, 0.717) is 10.6 Å². The molecule has 0 unspecified atom stereocenters. The molecular weight excluding hydrogens is 306 g/mol. The van der Waals surface area contributed by atoms with Crippen LogP contribution in [0, 0.1) is 17.0 Å². The fourth-order valence-electron chi connectivity index (χ4n) is 1.76. The van der Waals surface area contributed by atoms with E-state index in [2.05, 4.69) is 10.5 Å². The number of nitro benzene ring substituents is 1. The molecule has 0 atom stereocenters. The van der Waals surface area contributed by atoms with Crippen molar-refractivity contribution < 1.29 is 9.72 Å². The Morgan fingerprint density at radius 2 is 2.09 bits per heavy atom. The van der Waals surface area contributed by atoms with Crippen molar-refractivity contribution in [2.24, 2.45) is 5.10 Å². The molecule has 2 rings (SSSR count). The van der Waals surface area contributed by atoms with Crippen molar-refractivity contribution in [3.05, 3.63) is 74.3 Å². The summed E-state index contributed by atoms with van der Waals surface area (Å²) >= 11 is 5.83. The van der Waals surface area contributed by atoms with Gasteiger partial charge in [-0.1, -0.05) is 29.8 Å². The summed E-state index contributed by atoms with van der Waals surface area (Å²) in [5.74, 6) is -0.527. The normalized spacial score (nSPS) is 10.6. The Balaban J connectivity index is 2.09. The lowest BCUT2D eigenvalue weighted by atomic mass is 10.1. The van der Waals surface area contributed by atoms with Crippen LogP contribution in [0.1, 0.15) is 21.5 Å². The van der Waals surface area contributed by atoms with Gasteiger partial charge in [-0.15, -0.1) is 0 Å². The van der Waals surface area contributed by atoms with Crippen molar-refractivity contribution in [2.45, 2.75) is 6.92 Å². The number of hydrazone groups is 1.